The first-order valence-corrected chi connectivity index (χ1v) is 7.19. The summed E-state index contributed by atoms with van der Waals surface area (Å²) < 4.78 is 11.1. The fourth-order valence-electron chi connectivity index (χ4n) is 1.94. The average molecular weight is 277 g/mol. The van der Waals surface area contributed by atoms with Crippen LogP contribution in [0.25, 0.3) is 0 Å². The molecule has 1 N–H and O–H groups in total. The van der Waals surface area contributed by atoms with Gasteiger partial charge in [-0.05, 0) is 30.6 Å². The van der Waals surface area contributed by atoms with Gasteiger partial charge in [0.05, 0.1) is 13.7 Å². The summed E-state index contributed by atoms with van der Waals surface area (Å²) >= 11 is 1.77. The van der Waals surface area contributed by atoms with Gasteiger partial charge in [-0.15, -0.1) is 11.3 Å². The minimum absolute atomic E-state index is 0.342. The molecule has 1 aromatic carbocycles. The van der Waals surface area contributed by atoms with Crippen LogP contribution in [-0.4, -0.2) is 20.8 Å². The molecule has 0 aliphatic rings. The van der Waals surface area contributed by atoms with Crippen LogP contribution in [0.3, 0.4) is 0 Å². The Labute approximate surface area is 118 Å². The van der Waals surface area contributed by atoms with E-state index in [0.29, 0.717) is 12.6 Å². The van der Waals surface area contributed by atoms with E-state index >= 15 is 0 Å². The number of benzene rings is 1. The Balaban J connectivity index is 1.89. The molecule has 0 spiro atoms. The van der Waals surface area contributed by atoms with E-state index < -0.39 is 0 Å². The highest BCUT2D eigenvalue weighted by Crippen LogP contribution is 2.27. The summed E-state index contributed by atoms with van der Waals surface area (Å²) in [5.74, 6) is 1.57. The Morgan fingerprint density at radius 2 is 1.95 bits per heavy atom. The highest BCUT2D eigenvalue weighted by atomic mass is 32.1. The Bertz CT molecular complexity index is 485. The number of nitrogens with one attached hydrogen (secondary N) is 1. The van der Waals surface area contributed by atoms with Crippen molar-refractivity contribution in [1.82, 2.24) is 5.32 Å². The molecule has 2 rings (SSSR count). The first-order chi connectivity index (χ1) is 9.35. The molecule has 0 radical (unpaired) electrons. The van der Waals surface area contributed by atoms with Gasteiger partial charge in [-0.3, -0.25) is 0 Å². The van der Waals surface area contributed by atoms with Gasteiger partial charge in [-0.2, -0.15) is 0 Å². The summed E-state index contributed by atoms with van der Waals surface area (Å²) in [5.41, 5.74) is 0. The van der Waals surface area contributed by atoms with Crippen LogP contribution >= 0.6 is 11.3 Å². The van der Waals surface area contributed by atoms with Gasteiger partial charge in [0.1, 0.15) is 0 Å². The second-order valence-electron chi connectivity index (χ2n) is 4.14. The molecule has 1 aromatic heterocycles. The van der Waals surface area contributed by atoms with Gasteiger partial charge >= 0.3 is 0 Å². The summed E-state index contributed by atoms with van der Waals surface area (Å²) in [5, 5.41) is 5.42. The highest BCUT2D eigenvalue weighted by molar-refractivity contribution is 7.10. The molecule has 19 heavy (non-hydrogen) atoms. The van der Waals surface area contributed by atoms with Crippen molar-refractivity contribution < 1.29 is 9.47 Å². The number of rotatable bonds is 7. The van der Waals surface area contributed by atoms with Crippen molar-refractivity contribution in [2.45, 2.75) is 12.5 Å². The van der Waals surface area contributed by atoms with Crippen LogP contribution in [-0.2, 0) is 0 Å². The topological polar surface area (TPSA) is 30.5 Å². The average Bonchev–Trinajstić information content (AvgIpc) is 2.98. The highest BCUT2D eigenvalue weighted by Gasteiger charge is 2.10. The van der Waals surface area contributed by atoms with Crippen molar-refractivity contribution in [3.05, 3.63) is 46.7 Å². The Hall–Kier alpha value is -1.52. The van der Waals surface area contributed by atoms with Crippen LogP contribution in [0.1, 0.15) is 17.3 Å². The van der Waals surface area contributed by atoms with Gasteiger partial charge < -0.3 is 14.8 Å². The maximum Gasteiger partial charge on any atom is 0.161 e. The second-order valence-corrected chi connectivity index (χ2v) is 5.12. The zero-order valence-corrected chi connectivity index (χ0v) is 12.1. The SMILES string of the molecule is CNC(CCOc1ccccc1OC)c1cccs1. The summed E-state index contributed by atoms with van der Waals surface area (Å²) in [6.07, 6.45) is 0.926. The molecular formula is C15H19NO2S. The van der Waals surface area contributed by atoms with Gasteiger partial charge in [0.25, 0.3) is 0 Å². The van der Waals surface area contributed by atoms with E-state index in [1.807, 2.05) is 31.3 Å². The number of ether oxygens (including phenoxy) is 2. The predicted molar refractivity (Wildman–Crippen MR) is 79.2 cm³/mol. The quantitative estimate of drug-likeness (QED) is 0.840. The zero-order chi connectivity index (χ0) is 13.5. The van der Waals surface area contributed by atoms with Crippen molar-refractivity contribution in [3.8, 4) is 11.5 Å². The summed E-state index contributed by atoms with van der Waals surface area (Å²) in [4.78, 5) is 1.34. The van der Waals surface area contributed by atoms with Crippen molar-refractivity contribution in [2.75, 3.05) is 20.8 Å². The molecule has 1 heterocycles. The summed E-state index contributed by atoms with van der Waals surface area (Å²) in [6.45, 7) is 0.657. The van der Waals surface area contributed by atoms with Gasteiger partial charge in [-0.1, -0.05) is 18.2 Å². The summed E-state index contributed by atoms with van der Waals surface area (Å²) in [7, 11) is 3.64. The van der Waals surface area contributed by atoms with Gasteiger partial charge in [-0.25, -0.2) is 0 Å². The van der Waals surface area contributed by atoms with E-state index in [-0.39, 0.29) is 0 Å². The molecule has 1 unspecified atom stereocenters. The lowest BCUT2D eigenvalue weighted by Crippen LogP contribution is -2.18. The number of hydrogen-bond donors (Lipinski definition) is 1. The van der Waals surface area contributed by atoms with Gasteiger partial charge in [0, 0.05) is 17.3 Å². The minimum Gasteiger partial charge on any atom is -0.493 e. The minimum atomic E-state index is 0.342. The van der Waals surface area contributed by atoms with E-state index in [2.05, 4.69) is 22.8 Å². The van der Waals surface area contributed by atoms with E-state index in [0.717, 1.165) is 17.9 Å². The van der Waals surface area contributed by atoms with Gasteiger partial charge in [0.15, 0.2) is 11.5 Å². The van der Waals surface area contributed by atoms with Gasteiger partial charge in [0.2, 0.25) is 0 Å². The standard InChI is InChI=1S/C15H19NO2S/c1-16-12(15-8-5-11-19-15)9-10-18-14-7-4-3-6-13(14)17-2/h3-8,11-12,16H,9-10H2,1-2H3. The number of hydrogen-bond acceptors (Lipinski definition) is 4. The third kappa shape index (κ3) is 3.72. The van der Waals surface area contributed by atoms with E-state index in [1.165, 1.54) is 4.88 Å². The van der Waals surface area contributed by atoms with Crippen molar-refractivity contribution in [3.63, 3.8) is 0 Å². The molecular weight excluding hydrogens is 258 g/mol. The van der Waals surface area contributed by atoms with E-state index in [4.69, 9.17) is 9.47 Å². The van der Waals surface area contributed by atoms with E-state index in [9.17, 15) is 0 Å². The van der Waals surface area contributed by atoms with Crippen LogP contribution in [0.15, 0.2) is 41.8 Å². The predicted octanol–water partition coefficient (Wildman–Crippen LogP) is 3.49. The van der Waals surface area contributed by atoms with Crippen LogP contribution in [0.5, 0.6) is 11.5 Å². The summed E-state index contributed by atoms with van der Waals surface area (Å²) in [6, 6.07) is 12.3. The second kappa shape index (κ2) is 7.16. The molecule has 2 aromatic rings. The molecule has 102 valence electrons. The number of para-hydroxylation sites is 2. The third-order valence-corrected chi connectivity index (χ3v) is 3.95. The molecule has 0 aliphatic carbocycles. The fourth-order valence-corrected chi connectivity index (χ4v) is 2.81. The van der Waals surface area contributed by atoms with Crippen LogP contribution < -0.4 is 14.8 Å². The molecule has 0 amide bonds. The molecule has 1 atom stereocenters. The molecule has 0 aliphatic heterocycles. The third-order valence-electron chi connectivity index (χ3n) is 2.97. The normalized spacial score (nSPS) is 12.1. The first kappa shape index (κ1) is 13.9. The number of thiophene rings is 1. The molecule has 3 nitrogen and oxygen atoms in total. The van der Waals surface area contributed by atoms with Crippen molar-refractivity contribution >= 4 is 11.3 Å². The smallest absolute Gasteiger partial charge is 0.161 e. The molecule has 0 saturated carbocycles. The Morgan fingerprint density at radius 1 is 1.16 bits per heavy atom. The number of methoxy groups -OCH3 is 1. The lowest BCUT2D eigenvalue weighted by Gasteiger charge is -2.16. The molecule has 4 heteroatoms. The van der Waals surface area contributed by atoms with Crippen LogP contribution in [0, 0.1) is 0 Å². The maximum absolute atomic E-state index is 5.80. The maximum atomic E-state index is 5.80. The van der Waals surface area contributed by atoms with Crippen molar-refractivity contribution in [1.29, 1.82) is 0 Å². The molecule has 0 bridgehead atoms. The zero-order valence-electron chi connectivity index (χ0n) is 11.3. The van der Waals surface area contributed by atoms with Crippen LogP contribution in [0.4, 0.5) is 0 Å². The Kier molecular flexibility index (Phi) is 5.24. The molecule has 0 saturated heterocycles. The van der Waals surface area contributed by atoms with Crippen LogP contribution in [0.2, 0.25) is 0 Å². The lowest BCUT2D eigenvalue weighted by molar-refractivity contribution is 0.274. The van der Waals surface area contributed by atoms with E-state index in [1.54, 1.807) is 18.4 Å². The monoisotopic (exact) mass is 277 g/mol. The lowest BCUT2D eigenvalue weighted by atomic mass is 10.2. The largest absolute Gasteiger partial charge is 0.493 e. The fraction of sp³-hybridized carbons (Fsp3) is 0.333. The molecule has 0 fully saturated rings. The Morgan fingerprint density at radius 3 is 2.58 bits per heavy atom. The first-order valence-electron chi connectivity index (χ1n) is 6.31. The van der Waals surface area contributed by atoms with Crippen molar-refractivity contribution in [2.24, 2.45) is 0 Å².